The summed E-state index contributed by atoms with van der Waals surface area (Å²) in [7, 11) is 1.30. The number of halogens is 3. The molecule has 1 aliphatic rings. The van der Waals surface area contributed by atoms with E-state index in [4.69, 9.17) is 4.74 Å². The number of anilines is 1. The zero-order valence-electron chi connectivity index (χ0n) is 20.3. The summed E-state index contributed by atoms with van der Waals surface area (Å²) < 4.78 is 42.9. The second-order valence-corrected chi connectivity index (χ2v) is 8.98. The lowest BCUT2D eigenvalue weighted by Gasteiger charge is -2.28. The molecular formula is C27H24F3N3O4. The third-order valence-electron chi connectivity index (χ3n) is 6.14. The lowest BCUT2D eigenvalue weighted by Crippen LogP contribution is -2.45. The van der Waals surface area contributed by atoms with Crippen molar-refractivity contribution in [3.05, 3.63) is 83.2 Å². The van der Waals surface area contributed by atoms with Gasteiger partial charge in [0.1, 0.15) is 11.7 Å². The minimum absolute atomic E-state index is 0.00317. The van der Waals surface area contributed by atoms with Gasteiger partial charge in [-0.05, 0) is 59.0 Å². The smallest absolute Gasteiger partial charge is 0.433 e. The highest BCUT2D eigenvalue weighted by Crippen LogP contribution is 2.32. The van der Waals surface area contributed by atoms with Gasteiger partial charge >= 0.3 is 12.1 Å². The summed E-state index contributed by atoms with van der Waals surface area (Å²) in [4.78, 5) is 42.5. The average Bonchev–Trinajstić information content (AvgIpc) is 3.18. The largest absolute Gasteiger partial charge is 0.467 e. The molecule has 0 bridgehead atoms. The lowest BCUT2D eigenvalue weighted by atomic mass is 10.0. The number of fused-ring (bicyclic) bond motifs is 1. The van der Waals surface area contributed by atoms with Crippen LogP contribution in [-0.4, -0.2) is 40.8 Å². The standard InChI is InChI=1S/C27H24F3N3O4/c1-15(2)23(26(36)37-3)33-14-19-12-17(6-10-21(19)25(33)35)16-4-8-20(9-5-16)32-24(34)18-7-11-22(31-13-18)27(28,29)30/h4-13,15,23H,14H2,1-3H3,(H,32,34)/t23-/m0/s1. The van der Waals surface area contributed by atoms with E-state index < -0.39 is 29.8 Å². The summed E-state index contributed by atoms with van der Waals surface area (Å²) in [6.45, 7) is 4.00. The van der Waals surface area contributed by atoms with E-state index in [2.05, 4.69) is 10.3 Å². The first kappa shape index (κ1) is 25.9. The second-order valence-electron chi connectivity index (χ2n) is 8.98. The number of benzene rings is 2. The van der Waals surface area contributed by atoms with Crippen molar-refractivity contribution >= 4 is 23.5 Å². The minimum Gasteiger partial charge on any atom is -0.467 e. The van der Waals surface area contributed by atoms with E-state index in [9.17, 15) is 27.6 Å². The first-order valence-electron chi connectivity index (χ1n) is 11.5. The van der Waals surface area contributed by atoms with Gasteiger partial charge in [0.05, 0.1) is 12.7 Å². The van der Waals surface area contributed by atoms with Crippen LogP contribution >= 0.6 is 0 Å². The van der Waals surface area contributed by atoms with Gasteiger partial charge in [-0.1, -0.05) is 32.0 Å². The Morgan fingerprint density at radius 3 is 2.27 bits per heavy atom. The van der Waals surface area contributed by atoms with Crippen LogP contribution in [0, 0.1) is 5.92 Å². The molecule has 1 N–H and O–H groups in total. The van der Waals surface area contributed by atoms with Gasteiger partial charge in [0.25, 0.3) is 11.8 Å². The molecule has 2 heterocycles. The number of rotatable bonds is 6. The number of esters is 1. The number of methoxy groups -OCH3 is 1. The summed E-state index contributed by atoms with van der Waals surface area (Å²) in [6.07, 6.45) is -3.70. The van der Waals surface area contributed by atoms with E-state index in [1.807, 2.05) is 26.0 Å². The first-order valence-corrected chi connectivity index (χ1v) is 11.5. The van der Waals surface area contributed by atoms with Crippen LogP contribution in [0.3, 0.4) is 0 Å². The third kappa shape index (κ3) is 5.32. The Morgan fingerprint density at radius 2 is 1.70 bits per heavy atom. The van der Waals surface area contributed by atoms with Crippen molar-refractivity contribution in [3.8, 4) is 11.1 Å². The van der Waals surface area contributed by atoms with E-state index in [-0.39, 0.29) is 23.9 Å². The Hall–Kier alpha value is -4.21. The van der Waals surface area contributed by atoms with Gasteiger partial charge in [-0.25, -0.2) is 4.79 Å². The molecule has 1 atom stereocenters. The van der Waals surface area contributed by atoms with Crippen molar-refractivity contribution < 1.29 is 32.3 Å². The fourth-order valence-corrected chi connectivity index (χ4v) is 4.27. The zero-order chi connectivity index (χ0) is 26.9. The maximum atomic E-state index is 13.0. The van der Waals surface area contributed by atoms with Gasteiger partial charge in [0, 0.05) is 24.0 Å². The number of carbonyl (C=O) groups excluding carboxylic acids is 3. The molecule has 0 saturated carbocycles. The van der Waals surface area contributed by atoms with E-state index in [0.717, 1.165) is 35.0 Å². The van der Waals surface area contributed by atoms with Crippen LogP contribution in [-0.2, 0) is 22.3 Å². The molecule has 10 heteroatoms. The molecule has 37 heavy (non-hydrogen) atoms. The van der Waals surface area contributed by atoms with Crippen molar-refractivity contribution in [2.45, 2.75) is 32.6 Å². The Labute approximate surface area is 211 Å². The summed E-state index contributed by atoms with van der Waals surface area (Å²) >= 11 is 0. The number of hydrogen-bond donors (Lipinski definition) is 1. The molecule has 0 radical (unpaired) electrons. The highest BCUT2D eigenvalue weighted by Gasteiger charge is 2.38. The molecule has 3 aromatic rings. The Balaban J connectivity index is 1.48. The van der Waals surface area contributed by atoms with E-state index in [0.29, 0.717) is 11.3 Å². The summed E-state index contributed by atoms with van der Waals surface area (Å²) in [6, 6.07) is 13.5. The number of ether oxygens (including phenoxy) is 1. The van der Waals surface area contributed by atoms with Crippen LogP contribution in [0.4, 0.5) is 18.9 Å². The van der Waals surface area contributed by atoms with Gasteiger partial charge < -0.3 is 15.0 Å². The molecular weight excluding hydrogens is 487 g/mol. The predicted molar refractivity (Wildman–Crippen MR) is 130 cm³/mol. The summed E-state index contributed by atoms with van der Waals surface area (Å²) in [5.74, 6) is -1.38. The Bertz CT molecular complexity index is 1340. The number of carbonyl (C=O) groups is 3. The molecule has 0 aliphatic carbocycles. The van der Waals surface area contributed by atoms with Gasteiger partial charge in [0.2, 0.25) is 0 Å². The van der Waals surface area contributed by atoms with Gasteiger partial charge in [-0.3, -0.25) is 14.6 Å². The Kier molecular flexibility index (Phi) is 7.02. The number of nitrogens with one attached hydrogen (secondary N) is 1. The fourth-order valence-electron chi connectivity index (χ4n) is 4.27. The summed E-state index contributed by atoms with van der Waals surface area (Å²) in [5, 5.41) is 2.63. The van der Waals surface area contributed by atoms with Crippen LogP contribution in [0.5, 0.6) is 0 Å². The maximum absolute atomic E-state index is 13.0. The molecule has 1 aromatic heterocycles. The molecule has 1 aliphatic heterocycles. The predicted octanol–water partition coefficient (Wildman–Crippen LogP) is 5.17. The van der Waals surface area contributed by atoms with Crippen molar-refractivity contribution in [3.63, 3.8) is 0 Å². The average molecular weight is 512 g/mol. The van der Waals surface area contributed by atoms with Crippen LogP contribution in [0.25, 0.3) is 11.1 Å². The summed E-state index contributed by atoms with van der Waals surface area (Å²) in [5.41, 5.74) is 2.38. The van der Waals surface area contributed by atoms with Crippen LogP contribution in [0.2, 0.25) is 0 Å². The zero-order valence-corrected chi connectivity index (χ0v) is 20.3. The van der Waals surface area contributed by atoms with E-state index in [1.54, 1.807) is 30.3 Å². The van der Waals surface area contributed by atoms with Gasteiger partial charge in [0.15, 0.2) is 0 Å². The van der Waals surface area contributed by atoms with Crippen molar-refractivity contribution in [1.29, 1.82) is 0 Å². The van der Waals surface area contributed by atoms with Crippen LogP contribution in [0.1, 0.15) is 45.8 Å². The second kappa shape index (κ2) is 10.0. The number of alkyl halides is 3. The Morgan fingerprint density at radius 1 is 1.03 bits per heavy atom. The van der Waals surface area contributed by atoms with Gasteiger partial charge in [-0.2, -0.15) is 13.2 Å². The van der Waals surface area contributed by atoms with Crippen LogP contribution in [0.15, 0.2) is 60.8 Å². The topological polar surface area (TPSA) is 88.6 Å². The first-order chi connectivity index (χ1) is 17.5. The quantitative estimate of drug-likeness (QED) is 0.461. The minimum atomic E-state index is -4.58. The van der Waals surface area contributed by atoms with E-state index >= 15 is 0 Å². The van der Waals surface area contributed by atoms with Crippen molar-refractivity contribution in [2.75, 3.05) is 12.4 Å². The van der Waals surface area contributed by atoms with Crippen molar-refractivity contribution in [1.82, 2.24) is 9.88 Å². The highest BCUT2D eigenvalue weighted by molar-refractivity contribution is 6.04. The molecule has 0 spiro atoms. The van der Waals surface area contributed by atoms with Crippen molar-refractivity contribution in [2.24, 2.45) is 5.92 Å². The molecule has 192 valence electrons. The number of pyridine rings is 1. The molecule has 4 rings (SSSR count). The number of hydrogen-bond acceptors (Lipinski definition) is 5. The molecule has 0 unspecified atom stereocenters. The number of aromatic nitrogens is 1. The third-order valence-corrected chi connectivity index (χ3v) is 6.14. The normalized spacial score (nSPS) is 13.9. The van der Waals surface area contributed by atoms with Gasteiger partial charge in [-0.15, -0.1) is 0 Å². The number of nitrogens with zero attached hydrogens (tertiary/aromatic N) is 2. The monoisotopic (exact) mass is 511 g/mol. The fraction of sp³-hybridized carbons (Fsp3) is 0.259. The lowest BCUT2D eigenvalue weighted by molar-refractivity contribution is -0.147. The maximum Gasteiger partial charge on any atom is 0.433 e. The highest BCUT2D eigenvalue weighted by atomic mass is 19.4. The van der Waals surface area contributed by atoms with Crippen LogP contribution < -0.4 is 5.32 Å². The van der Waals surface area contributed by atoms with E-state index in [1.165, 1.54) is 12.0 Å². The molecule has 7 nitrogen and oxygen atoms in total. The molecule has 0 saturated heterocycles. The molecule has 0 fully saturated rings. The number of amides is 2. The molecule has 2 amide bonds. The SMILES string of the molecule is COC(=O)[C@H](C(C)C)N1Cc2cc(-c3ccc(NC(=O)c4ccc(C(F)(F)F)nc4)cc3)ccc2C1=O. The molecule has 2 aromatic carbocycles.